The number of hydrogen-bond donors (Lipinski definition) is 0. The van der Waals surface area contributed by atoms with Crippen molar-refractivity contribution in [2.75, 3.05) is 37.6 Å². The standard InChI is InChI=1S/C17H25N5O2/c1-2-14-5-3-4-6-22(14)17(24)15-11-19-16(12-18-15)21-9-7-20(13-23)8-10-21/h11-14H,2-10H2,1H3. The van der Waals surface area contributed by atoms with Gasteiger partial charge in [-0.1, -0.05) is 6.92 Å². The second-order valence-corrected chi connectivity index (χ2v) is 6.44. The van der Waals surface area contributed by atoms with E-state index in [-0.39, 0.29) is 5.91 Å². The van der Waals surface area contributed by atoms with E-state index >= 15 is 0 Å². The van der Waals surface area contributed by atoms with E-state index in [4.69, 9.17) is 0 Å². The van der Waals surface area contributed by atoms with Gasteiger partial charge >= 0.3 is 0 Å². The Kier molecular flexibility index (Phi) is 5.27. The maximum atomic E-state index is 12.7. The Morgan fingerprint density at radius 1 is 1.17 bits per heavy atom. The molecule has 24 heavy (non-hydrogen) atoms. The molecule has 0 radical (unpaired) electrons. The Labute approximate surface area is 142 Å². The number of anilines is 1. The number of nitrogens with zero attached hydrogens (tertiary/aromatic N) is 5. The Morgan fingerprint density at radius 2 is 1.96 bits per heavy atom. The summed E-state index contributed by atoms with van der Waals surface area (Å²) >= 11 is 0. The fourth-order valence-electron chi connectivity index (χ4n) is 3.49. The molecule has 2 aliphatic heterocycles. The number of piperazine rings is 1. The quantitative estimate of drug-likeness (QED) is 0.775. The van der Waals surface area contributed by atoms with Crippen molar-refractivity contribution in [2.24, 2.45) is 0 Å². The summed E-state index contributed by atoms with van der Waals surface area (Å²) in [7, 11) is 0. The van der Waals surface area contributed by atoms with E-state index < -0.39 is 0 Å². The smallest absolute Gasteiger partial charge is 0.274 e. The lowest BCUT2D eigenvalue weighted by Crippen LogP contribution is -2.46. The number of amides is 2. The normalized spacial score (nSPS) is 21.7. The monoisotopic (exact) mass is 331 g/mol. The first kappa shape index (κ1) is 16.7. The van der Waals surface area contributed by atoms with Gasteiger partial charge in [0.25, 0.3) is 5.91 Å². The second kappa shape index (κ2) is 7.59. The molecule has 0 N–H and O–H groups in total. The number of carbonyl (C=O) groups is 2. The van der Waals surface area contributed by atoms with Gasteiger partial charge in [0.2, 0.25) is 6.41 Å². The minimum Gasteiger partial charge on any atom is -0.352 e. The lowest BCUT2D eigenvalue weighted by molar-refractivity contribution is -0.118. The van der Waals surface area contributed by atoms with Crippen LogP contribution in [-0.2, 0) is 4.79 Å². The van der Waals surface area contributed by atoms with Crippen molar-refractivity contribution >= 4 is 18.1 Å². The summed E-state index contributed by atoms with van der Waals surface area (Å²) in [5.74, 6) is 0.758. The zero-order valence-electron chi connectivity index (χ0n) is 14.2. The highest BCUT2D eigenvalue weighted by Crippen LogP contribution is 2.21. The fourth-order valence-corrected chi connectivity index (χ4v) is 3.49. The average molecular weight is 331 g/mol. The Hall–Kier alpha value is -2.18. The van der Waals surface area contributed by atoms with Crippen molar-refractivity contribution in [3.05, 3.63) is 18.1 Å². The number of carbonyl (C=O) groups excluding carboxylic acids is 2. The zero-order chi connectivity index (χ0) is 16.9. The van der Waals surface area contributed by atoms with Crippen LogP contribution < -0.4 is 4.90 Å². The number of rotatable bonds is 4. The highest BCUT2D eigenvalue weighted by Gasteiger charge is 2.27. The third-order valence-corrected chi connectivity index (χ3v) is 5.00. The molecule has 0 saturated carbocycles. The van der Waals surface area contributed by atoms with E-state index in [0.717, 1.165) is 51.1 Å². The minimum absolute atomic E-state index is 0.00799. The molecule has 3 heterocycles. The summed E-state index contributed by atoms with van der Waals surface area (Å²) in [5, 5.41) is 0. The molecule has 130 valence electrons. The molecule has 1 aromatic heterocycles. The number of aromatic nitrogens is 2. The van der Waals surface area contributed by atoms with Crippen molar-refractivity contribution in [1.82, 2.24) is 19.8 Å². The zero-order valence-corrected chi connectivity index (χ0v) is 14.2. The molecule has 2 amide bonds. The number of hydrogen-bond acceptors (Lipinski definition) is 5. The molecule has 0 aliphatic carbocycles. The molecule has 0 spiro atoms. The largest absolute Gasteiger partial charge is 0.352 e. The summed E-state index contributed by atoms with van der Waals surface area (Å²) in [6.07, 6.45) is 8.47. The molecule has 7 heteroatoms. The van der Waals surface area contributed by atoms with E-state index in [1.165, 1.54) is 6.42 Å². The van der Waals surface area contributed by atoms with Gasteiger partial charge in [0, 0.05) is 38.8 Å². The predicted molar refractivity (Wildman–Crippen MR) is 90.8 cm³/mol. The molecule has 1 atom stereocenters. The highest BCUT2D eigenvalue weighted by atomic mass is 16.2. The molecule has 2 aliphatic rings. The van der Waals surface area contributed by atoms with Crippen LogP contribution >= 0.6 is 0 Å². The van der Waals surface area contributed by atoms with E-state index in [2.05, 4.69) is 21.8 Å². The summed E-state index contributed by atoms with van der Waals surface area (Å²) in [5.41, 5.74) is 0.422. The first-order chi connectivity index (χ1) is 11.7. The van der Waals surface area contributed by atoms with Gasteiger partial charge in [0.15, 0.2) is 0 Å². The molecular formula is C17H25N5O2. The highest BCUT2D eigenvalue weighted by molar-refractivity contribution is 5.92. The van der Waals surface area contributed by atoms with Crippen LogP contribution in [0.3, 0.4) is 0 Å². The summed E-state index contributed by atoms with van der Waals surface area (Å²) < 4.78 is 0. The van der Waals surface area contributed by atoms with Gasteiger partial charge in [-0.05, 0) is 25.7 Å². The van der Waals surface area contributed by atoms with Crippen LogP contribution in [0, 0.1) is 0 Å². The predicted octanol–water partition coefficient (Wildman–Crippen LogP) is 1.16. The van der Waals surface area contributed by atoms with Gasteiger partial charge in [-0.2, -0.15) is 0 Å². The van der Waals surface area contributed by atoms with E-state index in [0.29, 0.717) is 24.8 Å². The van der Waals surface area contributed by atoms with Crippen LogP contribution in [0.15, 0.2) is 12.4 Å². The Balaban J connectivity index is 1.65. The minimum atomic E-state index is -0.00799. The van der Waals surface area contributed by atoms with Crippen LogP contribution in [0.25, 0.3) is 0 Å². The lowest BCUT2D eigenvalue weighted by Gasteiger charge is -2.35. The van der Waals surface area contributed by atoms with Crippen molar-refractivity contribution in [2.45, 2.75) is 38.6 Å². The summed E-state index contributed by atoms with van der Waals surface area (Å²) in [6, 6.07) is 0.323. The Morgan fingerprint density at radius 3 is 2.58 bits per heavy atom. The van der Waals surface area contributed by atoms with Crippen LogP contribution in [0.4, 0.5) is 5.82 Å². The SMILES string of the molecule is CCC1CCCCN1C(=O)c1cnc(N2CCN(C=O)CC2)cn1. The molecule has 3 rings (SSSR count). The van der Waals surface area contributed by atoms with E-state index in [1.807, 2.05) is 4.90 Å². The van der Waals surface area contributed by atoms with Crippen LogP contribution in [0.1, 0.15) is 43.1 Å². The molecule has 2 saturated heterocycles. The van der Waals surface area contributed by atoms with Crippen LogP contribution in [0.5, 0.6) is 0 Å². The maximum Gasteiger partial charge on any atom is 0.274 e. The summed E-state index contributed by atoms with van der Waals surface area (Å²) in [4.78, 5) is 38.1. The van der Waals surface area contributed by atoms with Gasteiger partial charge in [0.05, 0.1) is 12.4 Å². The molecule has 2 fully saturated rings. The van der Waals surface area contributed by atoms with Gasteiger partial charge in [-0.3, -0.25) is 9.59 Å². The molecule has 7 nitrogen and oxygen atoms in total. The van der Waals surface area contributed by atoms with Crippen molar-refractivity contribution in [3.8, 4) is 0 Å². The van der Waals surface area contributed by atoms with Crippen LogP contribution in [-0.4, -0.2) is 70.9 Å². The van der Waals surface area contributed by atoms with E-state index in [1.54, 1.807) is 17.3 Å². The van der Waals surface area contributed by atoms with Crippen molar-refractivity contribution in [3.63, 3.8) is 0 Å². The van der Waals surface area contributed by atoms with Crippen LogP contribution in [0.2, 0.25) is 0 Å². The van der Waals surface area contributed by atoms with Gasteiger partial charge in [-0.25, -0.2) is 9.97 Å². The van der Waals surface area contributed by atoms with E-state index in [9.17, 15) is 9.59 Å². The third kappa shape index (κ3) is 3.49. The third-order valence-electron chi connectivity index (χ3n) is 5.00. The van der Waals surface area contributed by atoms with Gasteiger partial charge in [0.1, 0.15) is 11.5 Å². The van der Waals surface area contributed by atoms with Gasteiger partial charge in [-0.15, -0.1) is 0 Å². The first-order valence-corrected chi connectivity index (χ1v) is 8.80. The molecule has 0 aromatic carbocycles. The molecule has 0 bridgehead atoms. The second-order valence-electron chi connectivity index (χ2n) is 6.44. The van der Waals surface area contributed by atoms with Crippen molar-refractivity contribution < 1.29 is 9.59 Å². The van der Waals surface area contributed by atoms with Gasteiger partial charge < -0.3 is 14.7 Å². The number of likely N-dealkylation sites (tertiary alicyclic amines) is 1. The fraction of sp³-hybridized carbons (Fsp3) is 0.647. The lowest BCUT2D eigenvalue weighted by atomic mass is 10.00. The topological polar surface area (TPSA) is 69.6 Å². The summed E-state index contributed by atoms with van der Waals surface area (Å²) in [6.45, 7) is 5.81. The molecule has 1 unspecified atom stereocenters. The molecular weight excluding hydrogens is 306 g/mol. The van der Waals surface area contributed by atoms with Crippen molar-refractivity contribution in [1.29, 1.82) is 0 Å². The Bertz CT molecular complexity index is 569. The molecule has 1 aromatic rings. The number of piperidine rings is 1. The average Bonchev–Trinajstić information content (AvgIpc) is 2.67. The first-order valence-electron chi connectivity index (χ1n) is 8.80. The maximum absolute atomic E-state index is 12.7.